The summed E-state index contributed by atoms with van der Waals surface area (Å²) >= 11 is 5.21. The monoisotopic (exact) mass is 245 g/mol. The fraction of sp³-hybridized carbons (Fsp3) is 0.333. The number of hydrogen-bond acceptors (Lipinski definition) is 2. The van der Waals surface area contributed by atoms with Gasteiger partial charge >= 0.3 is 0 Å². The van der Waals surface area contributed by atoms with Crippen LogP contribution < -0.4 is 5.73 Å². The summed E-state index contributed by atoms with van der Waals surface area (Å²) < 4.78 is 1.16. The first-order valence-electron chi connectivity index (χ1n) is 3.90. The first-order chi connectivity index (χ1) is 5.77. The average molecular weight is 246 g/mol. The first-order valence-corrected chi connectivity index (χ1v) is 5.57. The number of thiophene rings is 1. The van der Waals surface area contributed by atoms with E-state index in [9.17, 15) is 0 Å². The van der Waals surface area contributed by atoms with E-state index in [1.807, 2.05) is 0 Å². The highest BCUT2D eigenvalue weighted by Gasteiger charge is 1.98. The maximum atomic E-state index is 5.57. The fourth-order valence-electron chi connectivity index (χ4n) is 0.899. The van der Waals surface area contributed by atoms with Gasteiger partial charge in [-0.25, -0.2) is 0 Å². The molecule has 0 atom stereocenters. The van der Waals surface area contributed by atoms with E-state index in [0.717, 1.165) is 10.9 Å². The molecular formula is C9H12BrNS. The van der Waals surface area contributed by atoms with Crippen LogP contribution in [0.25, 0.3) is 6.08 Å². The molecule has 2 N–H and O–H groups in total. The van der Waals surface area contributed by atoms with Crippen molar-refractivity contribution in [1.82, 2.24) is 0 Å². The SMILES string of the molecule is CC/C(=C/c1sccc1Br)CN. The van der Waals surface area contributed by atoms with E-state index in [1.165, 1.54) is 10.5 Å². The van der Waals surface area contributed by atoms with Crippen molar-refractivity contribution in [3.8, 4) is 0 Å². The van der Waals surface area contributed by atoms with Crippen LogP contribution in [0.3, 0.4) is 0 Å². The summed E-state index contributed by atoms with van der Waals surface area (Å²) in [7, 11) is 0. The molecular weight excluding hydrogens is 234 g/mol. The molecule has 0 unspecified atom stereocenters. The summed E-state index contributed by atoms with van der Waals surface area (Å²) in [5.74, 6) is 0. The highest BCUT2D eigenvalue weighted by Crippen LogP contribution is 2.25. The molecule has 66 valence electrons. The van der Waals surface area contributed by atoms with E-state index in [1.54, 1.807) is 11.3 Å². The Morgan fingerprint density at radius 3 is 2.92 bits per heavy atom. The Morgan fingerprint density at radius 1 is 1.75 bits per heavy atom. The van der Waals surface area contributed by atoms with Gasteiger partial charge in [-0.1, -0.05) is 12.5 Å². The number of nitrogens with two attached hydrogens (primary N) is 1. The van der Waals surface area contributed by atoms with Gasteiger partial charge in [-0.05, 0) is 39.9 Å². The first kappa shape index (κ1) is 9.96. The molecule has 0 aliphatic heterocycles. The van der Waals surface area contributed by atoms with Gasteiger partial charge in [0.25, 0.3) is 0 Å². The highest BCUT2D eigenvalue weighted by molar-refractivity contribution is 9.10. The van der Waals surface area contributed by atoms with Crippen molar-refractivity contribution in [2.75, 3.05) is 6.54 Å². The second kappa shape index (κ2) is 4.80. The molecule has 0 fully saturated rings. The van der Waals surface area contributed by atoms with Gasteiger partial charge in [0.1, 0.15) is 0 Å². The Morgan fingerprint density at radius 2 is 2.50 bits per heavy atom. The van der Waals surface area contributed by atoms with Gasteiger partial charge in [0.2, 0.25) is 0 Å². The summed E-state index contributed by atoms with van der Waals surface area (Å²) in [6.45, 7) is 2.78. The zero-order valence-electron chi connectivity index (χ0n) is 7.01. The van der Waals surface area contributed by atoms with Crippen molar-refractivity contribution >= 4 is 33.3 Å². The fourth-order valence-corrected chi connectivity index (χ4v) is 2.37. The van der Waals surface area contributed by atoms with Gasteiger partial charge in [0.15, 0.2) is 0 Å². The van der Waals surface area contributed by atoms with Crippen molar-refractivity contribution in [3.05, 3.63) is 26.4 Å². The van der Waals surface area contributed by atoms with Gasteiger partial charge in [-0.3, -0.25) is 0 Å². The molecule has 1 nitrogen and oxygen atoms in total. The van der Waals surface area contributed by atoms with Crippen LogP contribution in [0.1, 0.15) is 18.2 Å². The van der Waals surface area contributed by atoms with E-state index in [0.29, 0.717) is 6.54 Å². The van der Waals surface area contributed by atoms with E-state index in [4.69, 9.17) is 5.73 Å². The number of halogens is 1. The smallest absolute Gasteiger partial charge is 0.0412 e. The topological polar surface area (TPSA) is 26.0 Å². The standard InChI is InChI=1S/C9H12BrNS/c1-2-7(6-11)5-9-8(10)3-4-12-9/h3-5H,2,6,11H2,1H3/b7-5-. The lowest BCUT2D eigenvalue weighted by Crippen LogP contribution is -2.01. The van der Waals surface area contributed by atoms with Crippen LogP contribution in [0.15, 0.2) is 21.5 Å². The Kier molecular flexibility index (Phi) is 3.98. The van der Waals surface area contributed by atoms with Crippen molar-refractivity contribution in [3.63, 3.8) is 0 Å². The molecule has 0 spiro atoms. The second-order valence-corrected chi connectivity index (χ2v) is 4.30. The third kappa shape index (κ3) is 2.44. The third-order valence-electron chi connectivity index (χ3n) is 1.70. The summed E-state index contributed by atoms with van der Waals surface area (Å²) in [6, 6.07) is 2.06. The molecule has 12 heavy (non-hydrogen) atoms. The van der Waals surface area contributed by atoms with Crippen LogP contribution in [0.4, 0.5) is 0 Å². The molecule has 0 saturated heterocycles. The second-order valence-electron chi connectivity index (χ2n) is 2.49. The zero-order valence-corrected chi connectivity index (χ0v) is 9.41. The predicted molar refractivity (Wildman–Crippen MR) is 59.3 cm³/mol. The van der Waals surface area contributed by atoms with Crippen molar-refractivity contribution in [2.24, 2.45) is 5.73 Å². The maximum Gasteiger partial charge on any atom is 0.0412 e. The number of hydrogen-bond donors (Lipinski definition) is 1. The molecule has 3 heteroatoms. The molecule has 1 heterocycles. The molecule has 0 saturated carbocycles. The van der Waals surface area contributed by atoms with E-state index in [-0.39, 0.29) is 0 Å². The Hall–Kier alpha value is -0.120. The third-order valence-corrected chi connectivity index (χ3v) is 3.51. The van der Waals surface area contributed by atoms with Crippen molar-refractivity contribution in [1.29, 1.82) is 0 Å². The average Bonchev–Trinajstić information content (AvgIpc) is 2.47. The summed E-state index contributed by atoms with van der Waals surface area (Å²) in [6.07, 6.45) is 3.19. The molecule has 0 bridgehead atoms. The van der Waals surface area contributed by atoms with E-state index < -0.39 is 0 Å². The lowest BCUT2D eigenvalue weighted by molar-refractivity contribution is 1.02. The van der Waals surface area contributed by atoms with E-state index in [2.05, 4.69) is 40.4 Å². The summed E-state index contributed by atoms with van der Waals surface area (Å²) in [5, 5.41) is 2.07. The summed E-state index contributed by atoms with van der Waals surface area (Å²) in [5.41, 5.74) is 6.86. The van der Waals surface area contributed by atoms with Gasteiger partial charge in [-0.15, -0.1) is 11.3 Å². The molecule has 0 radical (unpaired) electrons. The molecule has 1 aromatic rings. The number of rotatable bonds is 3. The maximum absolute atomic E-state index is 5.57. The lowest BCUT2D eigenvalue weighted by Gasteiger charge is -1.98. The van der Waals surface area contributed by atoms with Crippen LogP contribution in [0.2, 0.25) is 0 Å². The largest absolute Gasteiger partial charge is 0.327 e. The molecule has 0 amide bonds. The Bertz CT molecular complexity index is 272. The van der Waals surface area contributed by atoms with Gasteiger partial charge in [-0.2, -0.15) is 0 Å². The quantitative estimate of drug-likeness (QED) is 0.870. The molecule has 0 aromatic carbocycles. The van der Waals surface area contributed by atoms with Gasteiger partial charge < -0.3 is 5.73 Å². The molecule has 0 aliphatic carbocycles. The lowest BCUT2D eigenvalue weighted by atomic mass is 10.2. The van der Waals surface area contributed by atoms with Crippen LogP contribution in [-0.4, -0.2) is 6.54 Å². The Balaban J connectivity index is 2.85. The van der Waals surface area contributed by atoms with E-state index >= 15 is 0 Å². The van der Waals surface area contributed by atoms with Gasteiger partial charge in [0.05, 0.1) is 0 Å². The molecule has 0 aliphatic rings. The summed E-state index contributed by atoms with van der Waals surface area (Å²) in [4.78, 5) is 1.26. The Labute approximate surface area is 85.4 Å². The molecule has 1 aromatic heterocycles. The normalized spacial score (nSPS) is 12.1. The van der Waals surface area contributed by atoms with Crippen LogP contribution in [-0.2, 0) is 0 Å². The zero-order chi connectivity index (χ0) is 8.97. The van der Waals surface area contributed by atoms with Gasteiger partial charge in [0, 0.05) is 15.9 Å². The molecule has 1 rings (SSSR count). The minimum Gasteiger partial charge on any atom is -0.327 e. The highest BCUT2D eigenvalue weighted by atomic mass is 79.9. The predicted octanol–water partition coefficient (Wildman–Crippen LogP) is 3.26. The van der Waals surface area contributed by atoms with Crippen LogP contribution in [0, 0.1) is 0 Å². The van der Waals surface area contributed by atoms with Crippen molar-refractivity contribution in [2.45, 2.75) is 13.3 Å². The van der Waals surface area contributed by atoms with Crippen molar-refractivity contribution < 1.29 is 0 Å². The minimum absolute atomic E-state index is 0.654. The van der Waals surface area contributed by atoms with Crippen LogP contribution in [0.5, 0.6) is 0 Å². The van der Waals surface area contributed by atoms with Crippen LogP contribution >= 0.6 is 27.3 Å². The minimum atomic E-state index is 0.654.